The van der Waals surface area contributed by atoms with Crippen molar-refractivity contribution < 1.29 is 9.18 Å². The van der Waals surface area contributed by atoms with Crippen molar-refractivity contribution in [2.75, 3.05) is 16.4 Å². The first-order valence-electron chi connectivity index (χ1n) is 10.3. The highest BCUT2D eigenvalue weighted by molar-refractivity contribution is 7.15. The lowest BCUT2D eigenvalue weighted by molar-refractivity contribution is 0.262. The number of hydrogen-bond acceptors (Lipinski definition) is 6. The number of amides is 2. The lowest BCUT2D eigenvalue weighted by Crippen LogP contribution is -2.20. The van der Waals surface area contributed by atoms with E-state index in [-0.39, 0.29) is 17.1 Å². The molecule has 0 atom stereocenters. The van der Waals surface area contributed by atoms with Crippen molar-refractivity contribution in [3.05, 3.63) is 70.6 Å². The monoisotopic (exact) mass is 496 g/mol. The van der Waals surface area contributed by atoms with Gasteiger partial charge in [-0.3, -0.25) is 0 Å². The number of halogens is 2. The second-order valence-electron chi connectivity index (χ2n) is 8.53. The van der Waals surface area contributed by atoms with Crippen LogP contribution >= 0.6 is 22.9 Å². The van der Waals surface area contributed by atoms with Crippen LogP contribution in [0.2, 0.25) is 5.02 Å². The molecule has 7 nitrogen and oxygen atoms in total. The molecule has 0 fully saturated rings. The van der Waals surface area contributed by atoms with E-state index in [0.717, 1.165) is 9.88 Å². The molecular weight excluding hydrogens is 475 g/mol. The molecule has 2 heterocycles. The molecule has 0 unspecified atom stereocenters. The van der Waals surface area contributed by atoms with Gasteiger partial charge in [0.05, 0.1) is 21.3 Å². The Morgan fingerprint density at radius 2 is 1.88 bits per heavy atom. The molecular formula is C24H22ClFN6OS. The number of carbonyl (C=O) groups excluding carboxylic acids is 1. The number of urea groups is 1. The highest BCUT2D eigenvalue weighted by atomic mass is 35.5. The van der Waals surface area contributed by atoms with Gasteiger partial charge < -0.3 is 16.4 Å². The summed E-state index contributed by atoms with van der Waals surface area (Å²) in [5.41, 5.74) is 7.95. The fourth-order valence-corrected chi connectivity index (χ4v) is 4.45. The van der Waals surface area contributed by atoms with E-state index >= 15 is 0 Å². The minimum atomic E-state index is -0.596. The number of nitrogen functional groups attached to an aromatic ring is 1. The van der Waals surface area contributed by atoms with Crippen LogP contribution in [-0.4, -0.2) is 21.0 Å². The van der Waals surface area contributed by atoms with Gasteiger partial charge in [0.2, 0.25) is 5.95 Å². The summed E-state index contributed by atoms with van der Waals surface area (Å²) in [6, 6.07) is 12.3. The number of nitrogens with zero attached hydrogens (tertiary/aromatic N) is 3. The number of benzene rings is 2. The third-order valence-electron chi connectivity index (χ3n) is 4.74. The van der Waals surface area contributed by atoms with Crippen molar-refractivity contribution >= 4 is 46.3 Å². The lowest BCUT2D eigenvalue weighted by atomic mass is 9.98. The van der Waals surface area contributed by atoms with Gasteiger partial charge in [0.15, 0.2) is 0 Å². The van der Waals surface area contributed by atoms with E-state index in [0.29, 0.717) is 27.7 Å². The van der Waals surface area contributed by atoms with Crippen LogP contribution in [0.4, 0.5) is 26.5 Å². The molecule has 0 saturated carbocycles. The van der Waals surface area contributed by atoms with Crippen LogP contribution in [0.3, 0.4) is 0 Å². The van der Waals surface area contributed by atoms with Gasteiger partial charge in [0, 0.05) is 22.3 Å². The van der Waals surface area contributed by atoms with E-state index in [4.69, 9.17) is 22.3 Å². The molecule has 0 bridgehead atoms. The molecule has 0 spiro atoms. The minimum absolute atomic E-state index is 0.0240. The van der Waals surface area contributed by atoms with Gasteiger partial charge in [0.25, 0.3) is 0 Å². The van der Waals surface area contributed by atoms with E-state index in [2.05, 4.69) is 41.4 Å². The summed E-state index contributed by atoms with van der Waals surface area (Å²) in [6.45, 7) is 6.18. The molecule has 0 saturated heterocycles. The van der Waals surface area contributed by atoms with Gasteiger partial charge in [-0.15, -0.1) is 11.3 Å². The van der Waals surface area contributed by atoms with Crippen molar-refractivity contribution in [3.8, 4) is 21.8 Å². The molecule has 10 heteroatoms. The first-order chi connectivity index (χ1) is 16.1. The van der Waals surface area contributed by atoms with E-state index in [1.807, 2.05) is 0 Å². The molecule has 0 aliphatic rings. The summed E-state index contributed by atoms with van der Waals surface area (Å²) < 4.78 is 14.6. The Labute approximate surface area is 205 Å². The summed E-state index contributed by atoms with van der Waals surface area (Å²) in [6.07, 6.45) is 1.56. The van der Waals surface area contributed by atoms with E-state index < -0.39 is 11.8 Å². The van der Waals surface area contributed by atoms with E-state index in [9.17, 15) is 9.18 Å². The largest absolute Gasteiger partial charge is 0.368 e. The quantitative estimate of drug-likeness (QED) is 0.296. The maximum absolute atomic E-state index is 14.6. The van der Waals surface area contributed by atoms with Crippen LogP contribution in [0.1, 0.15) is 25.8 Å². The predicted octanol–water partition coefficient (Wildman–Crippen LogP) is 6.58. The Balaban J connectivity index is 1.70. The van der Waals surface area contributed by atoms with Gasteiger partial charge in [-0.1, -0.05) is 44.5 Å². The maximum atomic E-state index is 14.6. The number of thiazole rings is 1. The second-order valence-corrected chi connectivity index (χ2v) is 9.97. The zero-order chi connectivity index (χ0) is 24.5. The highest BCUT2D eigenvalue weighted by Crippen LogP contribution is 2.41. The Morgan fingerprint density at radius 1 is 1.09 bits per heavy atom. The van der Waals surface area contributed by atoms with Crippen LogP contribution in [0.5, 0.6) is 0 Å². The third-order valence-corrected chi connectivity index (χ3v) is 6.51. The Hall–Kier alpha value is -3.56. The Bertz CT molecular complexity index is 1370. The first kappa shape index (κ1) is 23.6. The van der Waals surface area contributed by atoms with Crippen molar-refractivity contribution in [2.45, 2.75) is 26.2 Å². The Kier molecular flexibility index (Phi) is 6.49. The third kappa shape index (κ3) is 5.32. The predicted molar refractivity (Wildman–Crippen MR) is 136 cm³/mol. The summed E-state index contributed by atoms with van der Waals surface area (Å²) in [5, 5.41) is 6.56. The summed E-state index contributed by atoms with van der Waals surface area (Å²) in [4.78, 5) is 26.3. The fraction of sp³-hybridized carbons (Fsp3) is 0.167. The van der Waals surface area contributed by atoms with Gasteiger partial charge in [-0.2, -0.15) is 0 Å². The normalized spacial score (nSPS) is 11.3. The molecule has 4 rings (SSSR count). The van der Waals surface area contributed by atoms with Crippen LogP contribution in [0.25, 0.3) is 21.8 Å². The van der Waals surface area contributed by atoms with Gasteiger partial charge in [0.1, 0.15) is 11.5 Å². The van der Waals surface area contributed by atoms with Crippen LogP contribution in [0, 0.1) is 5.82 Å². The minimum Gasteiger partial charge on any atom is -0.368 e. The van der Waals surface area contributed by atoms with Crippen molar-refractivity contribution in [1.82, 2.24) is 15.0 Å². The molecule has 0 aliphatic carbocycles. The molecule has 2 amide bonds. The van der Waals surface area contributed by atoms with E-state index in [1.54, 1.807) is 48.7 Å². The number of aromatic nitrogens is 3. The molecule has 4 N–H and O–H groups in total. The van der Waals surface area contributed by atoms with Crippen LogP contribution < -0.4 is 16.4 Å². The number of carbonyl (C=O) groups is 1. The zero-order valence-electron chi connectivity index (χ0n) is 18.7. The molecule has 0 radical (unpaired) electrons. The standard InChI is InChI=1S/C24H22ClFN6OS/c1-24(2,3)21-32-19(17-9-10-28-22(27)30-17)20(34-21)13-7-8-16(26)18(11-13)31-23(33)29-15-6-4-5-14(25)12-15/h4-12H,1-3H3,(H2,27,28,30)(H2,29,31,33). The second kappa shape index (κ2) is 9.36. The van der Waals surface area contributed by atoms with Gasteiger partial charge in [-0.25, -0.2) is 24.1 Å². The van der Waals surface area contributed by atoms with Gasteiger partial charge in [-0.05, 0) is 42.0 Å². The summed E-state index contributed by atoms with van der Waals surface area (Å²) in [7, 11) is 0. The van der Waals surface area contributed by atoms with E-state index in [1.165, 1.54) is 17.4 Å². The first-order valence-corrected chi connectivity index (χ1v) is 11.5. The topological polar surface area (TPSA) is 106 Å². The zero-order valence-corrected chi connectivity index (χ0v) is 20.3. The summed E-state index contributed by atoms with van der Waals surface area (Å²) in [5.74, 6) is -0.439. The lowest BCUT2D eigenvalue weighted by Gasteiger charge is -2.13. The number of nitrogens with two attached hydrogens (primary N) is 1. The number of hydrogen-bond donors (Lipinski definition) is 3. The molecule has 174 valence electrons. The SMILES string of the molecule is CC(C)(C)c1nc(-c2ccnc(N)n2)c(-c2ccc(F)c(NC(=O)Nc3cccc(Cl)c3)c2)s1. The number of rotatable bonds is 4. The average molecular weight is 497 g/mol. The smallest absolute Gasteiger partial charge is 0.323 e. The fourth-order valence-electron chi connectivity index (χ4n) is 3.13. The molecule has 2 aromatic heterocycles. The number of anilines is 3. The van der Waals surface area contributed by atoms with Gasteiger partial charge >= 0.3 is 6.03 Å². The molecule has 0 aliphatic heterocycles. The van der Waals surface area contributed by atoms with Crippen molar-refractivity contribution in [1.29, 1.82) is 0 Å². The highest BCUT2D eigenvalue weighted by Gasteiger charge is 2.24. The molecule has 34 heavy (non-hydrogen) atoms. The maximum Gasteiger partial charge on any atom is 0.323 e. The molecule has 2 aromatic carbocycles. The number of nitrogens with one attached hydrogen (secondary N) is 2. The summed E-state index contributed by atoms with van der Waals surface area (Å²) >= 11 is 7.44. The van der Waals surface area contributed by atoms with Crippen LogP contribution in [0.15, 0.2) is 54.7 Å². The molecule has 4 aromatic rings. The van der Waals surface area contributed by atoms with Crippen LogP contribution in [-0.2, 0) is 5.41 Å². The Morgan fingerprint density at radius 3 is 2.59 bits per heavy atom. The van der Waals surface area contributed by atoms with Crippen molar-refractivity contribution in [2.24, 2.45) is 0 Å². The van der Waals surface area contributed by atoms with Crippen molar-refractivity contribution in [3.63, 3.8) is 0 Å². The average Bonchev–Trinajstić information content (AvgIpc) is 3.21.